The number of amides is 2. The molecule has 0 bridgehead atoms. The molecule has 10 heteroatoms. The summed E-state index contributed by atoms with van der Waals surface area (Å²) in [6.07, 6.45) is 0. The van der Waals surface area contributed by atoms with Crippen molar-refractivity contribution in [1.82, 2.24) is 4.90 Å². The van der Waals surface area contributed by atoms with E-state index in [2.05, 4.69) is 5.32 Å². The van der Waals surface area contributed by atoms with Crippen molar-refractivity contribution in [2.75, 3.05) is 12.4 Å². The van der Waals surface area contributed by atoms with Crippen LogP contribution in [0.1, 0.15) is 36.0 Å². The van der Waals surface area contributed by atoms with E-state index < -0.39 is 10.1 Å². The lowest BCUT2D eigenvalue weighted by molar-refractivity contribution is -0.114. The molecule has 0 radical (unpaired) electrons. The van der Waals surface area contributed by atoms with Gasteiger partial charge in [0.15, 0.2) is 11.5 Å². The molecular formula is C24H26N2O6S2. The van der Waals surface area contributed by atoms with Crippen LogP contribution in [0.5, 0.6) is 11.5 Å². The van der Waals surface area contributed by atoms with E-state index in [-0.39, 0.29) is 40.8 Å². The van der Waals surface area contributed by atoms with Crippen LogP contribution in [0.3, 0.4) is 0 Å². The Kier molecular flexibility index (Phi) is 7.95. The molecule has 2 amide bonds. The Morgan fingerprint density at radius 1 is 1.06 bits per heavy atom. The van der Waals surface area contributed by atoms with Crippen molar-refractivity contribution >= 4 is 39.0 Å². The lowest BCUT2D eigenvalue weighted by Crippen LogP contribution is -2.36. The first kappa shape index (κ1) is 25.3. The predicted octanol–water partition coefficient (Wildman–Crippen LogP) is 4.53. The van der Waals surface area contributed by atoms with E-state index in [4.69, 9.17) is 8.92 Å². The van der Waals surface area contributed by atoms with Crippen LogP contribution >= 0.6 is 11.3 Å². The van der Waals surface area contributed by atoms with Gasteiger partial charge in [0.05, 0.1) is 12.0 Å². The molecule has 0 fully saturated rings. The molecule has 0 aliphatic heterocycles. The van der Waals surface area contributed by atoms with Gasteiger partial charge in [-0.15, -0.1) is 11.3 Å². The monoisotopic (exact) mass is 502 g/mol. The van der Waals surface area contributed by atoms with Gasteiger partial charge in [0.25, 0.3) is 5.91 Å². The number of carbonyl (C=O) groups is 2. The molecule has 0 aliphatic rings. The zero-order chi connectivity index (χ0) is 24.9. The maximum Gasteiger partial charge on any atom is 0.339 e. The van der Waals surface area contributed by atoms with Gasteiger partial charge in [-0.1, -0.05) is 12.1 Å². The number of hydrogen-bond acceptors (Lipinski definition) is 7. The molecule has 0 saturated carbocycles. The molecule has 0 aliphatic carbocycles. The van der Waals surface area contributed by atoms with E-state index >= 15 is 0 Å². The lowest BCUT2D eigenvalue weighted by atomic mass is 10.1. The van der Waals surface area contributed by atoms with Crippen LogP contribution in [0.4, 0.5) is 5.69 Å². The number of methoxy groups -OCH3 is 1. The normalized spacial score (nSPS) is 11.2. The van der Waals surface area contributed by atoms with Gasteiger partial charge in [-0.3, -0.25) is 9.59 Å². The van der Waals surface area contributed by atoms with Crippen LogP contribution in [0.2, 0.25) is 0 Å². The summed E-state index contributed by atoms with van der Waals surface area (Å²) in [5.74, 6) is -0.113. The quantitative estimate of drug-likeness (QED) is 0.431. The molecule has 0 spiro atoms. The molecule has 34 heavy (non-hydrogen) atoms. The summed E-state index contributed by atoms with van der Waals surface area (Å²) >= 11 is 1.37. The molecule has 3 aromatic rings. The Hall–Kier alpha value is -3.37. The molecule has 3 rings (SSSR count). The SMILES string of the molecule is COc1ccc(CN(C(=O)c2cccs2)C(C)C)cc1OS(=O)(=O)c1ccc(NC(C)=O)cc1. The van der Waals surface area contributed by atoms with Crippen molar-refractivity contribution < 1.29 is 26.9 Å². The highest BCUT2D eigenvalue weighted by atomic mass is 32.2. The number of hydrogen-bond donors (Lipinski definition) is 1. The van der Waals surface area contributed by atoms with Gasteiger partial charge in [0, 0.05) is 25.2 Å². The Morgan fingerprint density at radius 3 is 2.32 bits per heavy atom. The highest BCUT2D eigenvalue weighted by Crippen LogP contribution is 2.32. The summed E-state index contributed by atoms with van der Waals surface area (Å²) in [5.41, 5.74) is 1.15. The third kappa shape index (κ3) is 6.15. The van der Waals surface area contributed by atoms with E-state index in [9.17, 15) is 18.0 Å². The van der Waals surface area contributed by atoms with E-state index in [1.807, 2.05) is 25.3 Å². The van der Waals surface area contributed by atoms with Crippen molar-refractivity contribution in [2.24, 2.45) is 0 Å². The van der Waals surface area contributed by atoms with Gasteiger partial charge < -0.3 is 19.1 Å². The largest absolute Gasteiger partial charge is 0.493 e. The fourth-order valence-electron chi connectivity index (χ4n) is 3.19. The minimum atomic E-state index is -4.18. The number of nitrogens with zero attached hydrogens (tertiary/aromatic N) is 1. The Morgan fingerprint density at radius 2 is 1.76 bits per heavy atom. The molecule has 0 atom stereocenters. The first-order valence-corrected chi connectivity index (χ1v) is 12.7. The fraction of sp³-hybridized carbons (Fsp3) is 0.250. The summed E-state index contributed by atoms with van der Waals surface area (Å²) in [4.78, 5) is 26.4. The molecular weight excluding hydrogens is 476 g/mol. The first-order chi connectivity index (χ1) is 16.1. The number of rotatable bonds is 9. The standard InChI is InChI=1S/C24H26N2O6S2/c1-16(2)26(24(28)23-6-5-13-33-23)15-18-7-12-21(31-4)22(14-18)32-34(29,30)20-10-8-19(9-11-20)25-17(3)27/h5-14,16H,15H2,1-4H3,(H,25,27). The van der Waals surface area contributed by atoms with E-state index in [0.29, 0.717) is 16.1 Å². The maximum atomic E-state index is 12.9. The molecule has 1 aromatic heterocycles. The molecule has 0 unspecified atom stereocenters. The zero-order valence-corrected chi connectivity index (χ0v) is 20.9. The van der Waals surface area contributed by atoms with Crippen LogP contribution in [-0.4, -0.2) is 38.3 Å². The molecule has 8 nitrogen and oxygen atoms in total. The topological polar surface area (TPSA) is 102 Å². The van der Waals surface area contributed by atoms with Gasteiger partial charge in [0.2, 0.25) is 5.91 Å². The predicted molar refractivity (Wildman–Crippen MR) is 131 cm³/mol. The minimum Gasteiger partial charge on any atom is -0.493 e. The highest BCUT2D eigenvalue weighted by Gasteiger charge is 2.23. The highest BCUT2D eigenvalue weighted by molar-refractivity contribution is 7.87. The number of carbonyl (C=O) groups excluding carboxylic acids is 2. The van der Waals surface area contributed by atoms with Crippen LogP contribution in [0, 0.1) is 0 Å². The molecule has 1 heterocycles. The number of benzene rings is 2. The van der Waals surface area contributed by atoms with Crippen molar-refractivity contribution in [2.45, 2.75) is 38.3 Å². The zero-order valence-electron chi connectivity index (χ0n) is 19.3. The third-order valence-electron chi connectivity index (χ3n) is 4.86. The summed E-state index contributed by atoms with van der Waals surface area (Å²) in [7, 11) is -2.76. The van der Waals surface area contributed by atoms with Gasteiger partial charge >= 0.3 is 10.1 Å². The van der Waals surface area contributed by atoms with Gasteiger partial charge in [-0.2, -0.15) is 8.42 Å². The van der Waals surface area contributed by atoms with Crippen LogP contribution in [-0.2, 0) is 21.5 Å². The summed E-state index contributed by atoms with van der Waals surface area (Å²) < 4.78 is 36.5. The minimum absolute atomic E-state index is 0.0122. The number of ether oxygens (including phenoxy) is 1. The van der Waals surface area contributed by atoms with E-state index in [1.165, 1.54) is 49.6 Å². The summed E-state index contributed by atoms with van der Waals surface area (Å²) in [5, 5.41) is 4.43. The van der Waals surface area contributed by atoms with Crippen molar-refractivity contribution in [3.8, 4) is 11.5 Å². The smallest absolute Gasteiger partial charge is 0.339 e. The second-order valence-electron chi connectivity index (χ2n) is 7.73. The average Bonchev–Trinajstić information content (AvgIpc) is 3.32. The molecule has 0 saturated heterocycles. The number of nitrogens with one attached hydrogen (secondary N) is 1. The Bertz CT molecular complexity index is 1250. The van der Waals surface area contributed by atoms with Crippen molar-refractivity contribution in [1.29, 1.82) is 0 Å². The van der Waals surface area contributed by atoms with E-state index in [0.717, 1.165) is 0 Å². The van der Waals surface area contributed by atoms with Crippen LogP contribution < -0.4 is 14.2 Å². The van der Waals surface area contributed by atoms with Crippen LogP contribution in [0.25, 0.3) is 0 Å². The fourth-order valence-corrected chi connectivity index (χ4v) is 4.80. The molecule has 1 N–H and O–H groups in total. The van der Waals surface area contributed by atoms with Gasteiger partial charge in [-0.05, 0) is 67.3 Å². The van der Waals surface area contributed by atoms with Gasteiger partial charge in [0.1, 0.15) is 4.90 Å². The van der Waals surface area contributed by atoms with Crippen LogP contribution in [0.15, 0.2) is 64.9 Å². The molecule has 2 aromatic carbocycles. The third-order valence-corrected chi connectivity index (χ3v) is 6.97. The molecule has 180 valence electrons. The summed E-state index contributed by atoms with van der Waals surface area (Å²) in [6, 6.07) is 14.1. The first-order valence-electron chi connectivity index (χ1n) is 10.4. The van der Waals surface area contributed by atoms with E-state index in [1.54, 1.807) is 29.2 Å². The summed E-state index contributed by atoms with van der Waals surface area (Å²) in [6.45, 7) is 5.46. The van der Waals surface area contributed by atoms with Crippen molar-refractivity contribution in [3.63, 3.8) is 0 Å². The van der Waals surface area contributed by atoms with Crippen molar-refractivity contribution in [3.05, 3.63) is 70.4 Å². The number of anilines is 1. The maximum absolute atomic E-state index is 12.9. The second-order valence-corrected chi connectivity index (χ2v) is 10.2. The Labute approximate surface area is 203 Å². The second kappa shape index (κ2) is 10.7. The number of thiophene rings is 1. The lowest BCUT2D eigenvalue weighted by Gasteiger charge is -2.26. The average molecular weight is 503 g/mol. The Balaban J connectivity index is 1.85. The van der Waals surface area contributed by atoms with Gasteiger partial charge in [-0.25, -0.2) is 0 Å².